The average Bonchev–Trinajstić information content (AvgIpc) is 3.07. The van der Waals surface area contributed by atoms with Gasteiger partial charge >= 0.3 is 0 Å². The minimum absolute atomic E-state index is 0.0492. The molecule has 0 saturated heterocycles. The van der Waals surface area contributed by atoms with Crippen LogP contribution in [-0.4, -0.2) is 37.6 Å². The van der Waals surface area contributed by atoms with Crippen molar-refractivity contribution in [1.29, 1.82) is 0 Å². The molecule has 154 valence electrons. The van der Waals surface area contributed by atoms with Crippen LogP contribution in [0.5, 0.6) is 5.75 Å². The van der Waals surface area contributed by atoms with Crippen LogP contribution in [0.15, 0.2) is 41.0 Å². The summed E-state index contributed by atoms with van der Waals surface area (Å²) in [6, 6.07) is 9.82. The molecule has 0 aliphatic heterocycles. The van der Waals surface area contributed by atoms with Gasteiger partial charge in [0.2, 0.25) is 0 Å². The summed E-state index contributed by atoms with van der Waals surface area (Å²) in [7, 11) is 0. The van der Waals surface area contributed by atoms with E-state index in [-0.39, 0.29) is 18.1 Å². The summed E-state index contributed by atoms with van der Waals surface area (Å²) in [4.78, 5) is 9.32. The summed E-state index contributed by atoms with van der Waals surface area (Å²) in [6.07, 6.45) is 1.79. The number of hydrogen-bond donors (Lipinski definition) is 1. The number of aliphatic hydroxyl groups is 1. The maximum absolute atomic E-state index is 9.73. The topological polar surface area (TPSA) is 73.1 Å². The number of pyridine rings is 1. The Hall–Kier alpha value is -2.25. The van der Waals surface area contributed by atoms with E-state index < -0.39 is 0 Å². The molecule has 0 atom stereocenters. The number of benzene rings is 1. The second-order valence-corrected chi connectivity index (χ2v) is 9.10. The molecule has 1 aromatic carbocycles. The number of aliphatic hydroxyl groups excluding tert-OH is 1. The van der Waals surface area contributed by atoms with E-state index in [0.717, 1.165) is 15.6 Å². The summed E-state index contributed by atoms with van der Waals surface area (Å²) < 4.78 is 8.56. The third-order valence-corrected chi connectivity index (χ3v) is 5.32. The van der Waals surface area contributed by atoms with Gasteiger partial charge in [-0.3, -0.25) is 0 Å². The van der Waals surface area contributed by atoms with Crippen molar-refractivity contribution in [3.63, 3.8) is 0 Å². The number of rotatable bonds is 7. The van der Waals surface area contributed by atoms with E-state index in [0.29, 0.717) is 29.6 Å². The van der Waals surface area contributed by atoms with Gasteiger partial charge in [-0.2, -0.15) is 5.10 Å². The monoisotopic (exact) mass is 458 g/mol. The molecule has 0 aliphatic rings. The summed E-state index contributed by atoms with van der Waals surface area (Å²) in [5.74, 6) is 2.01. The van der Waals surface area contributed by atoms with Crippen LogP contribution in [0.1, 0.15) is 33.3 Å². The van der Waals surface area contributed by atoms with E-state index in [4.69, 9.17) is 14.8 Å². The van der Waals surface area contributed by atoms with Crippen LogP contribution in [-0.2, 0) is 6.54 Å². The second kappa shape index (κ2) is 8.63. The van der Waals surface area contributed by atoms with Crippen LogP contribution in [0.25, 0.3) is 22.9 Å². The lowest BCUT2D eigenvalue weighted by atomic mass is 9.95. The number of halogens is 1. The Morgan fingerprint density at radius 3 is 2.55 bits per heavy atom. The van der Waals surface area contributed by atoms with Crippen LogP contribution in [0, 0.1) is 12.3 Å². The minimum Gasteiger partial charge on any atom is -0.489 e. The van der Waals surface area contributed by atoms with Gasteiger partial charge < -0.3 is 9.84 Å². The molecule has 0 aliphatic carbocycles. The molecule has 0 amide bonds. The first kappa shape index (κ1) is 21.5. The average molecular weight is 459 g/mol. The van der Waals surface area contributed by atoms with Gasteiger partial charge in [-0.05, 0) is 56.7 Å². The van der Waals surface area contributed by atoms with Crippen molar-refractivity contribution in [3.8, 4) is 28.7 Å². The zero-order valence-electron chi connectivity index (χ0n) is 17.5. The Morgan fingerprint density at radius 1 is 1.21 bits per heavy atom. The molecular formula is C22H27BrN4O2. The lowest BCUT2D eigenvalue weighted by Crippen LogP contribution is -2.25. The van der Waals surface area contributed by atoms with Gasteiger partial charge in [0.25, 0.3) is 0 Å². The molecule has 1 N–H and O–H groups in total. The van der Waals surface area contributed by atoms with Crippen molar-refractivity contribution in [2.45, 2.75) is 47.3 Å². The molecule has 7 heteroatoms. The second-order valence-electron chi connectivity index (χ2n) is 8.25. The maximum atomic E-state index is 9.73. The van der Waals surface area contributed by atoms with Gasteiger partial charge in [-0.15, -0.1) is 0 Å². The number of hydrogen-bond acceptors (Lipinski definition) is 5. The van der Waals surface area contributed by atoms with Gasteiger partial charge in [-0.25, -0.2) is 14.6 Å². The first-order valence-corrected chi connectivity index (χ1v) is 10.4. The Balaban J connectivity index is 2.03. The van der Waals surface area contributed by atoms with E-state index in [1.807, 2.05) is 63.6 Å². The van der Waals surface area contributed by atoms with Crippen LogP contribution in [0.2, 0.25) is 0 Å². The predicted octanol–water partition coefficient (Wildman–Crippen LogP) is 4.88. The van der Waals surface area contributed by atoms with Gasteiger partial charge in [0.15, 0.2) is 11.6 Å². The van der Waals surface area contributed by atoms with E-state index >= 15 is 0 Å². The van der Waals surface area contributed by atoms with Crippen molar-refractivity contribution < 1.29 is 9.84 Å². The largest absolute Gasteiger partial charge is 0.489 e. The molecule has 2 heterocycles. The zero-order valence-corrected chi connectivity index (χ0v) is 19.1. The van der Waals surface area contributed by atoms with E-state index in [1.165, 1.54) is 0 Å². The van der Waals surface area contributed by atoms with Crippen molar-refractivity contribution in [1.82, 2.24) is 19.7 Å². The third kappa shape index (κ3) is 5.22. The molecule has 0 radical (unpaired) electrons. The van der Waals surface area contributed by atoms with Crippen LogP contribution in [0.4, 0.5) is 0 Å². The number of aromatic nitrogens is 4. The van der Waals surface area contributed by atoms with Crippen LogP contribution < -0.4 is 4.74 Å². The fourth-order valence-electron chi connectivity index (χ4n) is 2.86. The highest BCUT2D eigenvalue weighted by atomic mass is 79.9. The molecule has 0 fully saturated rings. The molecule has 3 rings (SSSR count). The van der Waals surface area contributed by atoms with Gasteiger partial charge in [0, 0.05) is 22.1 Å². The van der Waals surface area contributed by atoms with Crippen molar-refractivity contribution in [2.24, 2.45) is 5.41 Å². The van der Waals surface area contributed by atoms with Gasteiger partial charge in [0.05, 0.1) is 18.8 Å². The fourth-order valence-corrected chi connectivity index (χ4v) is 3.10. The van der Waals surface area contributed by atoms with Crippen LogP contribution in [0.3, 0.4) is 0 Å². The SMILES string of the molecule is Cc1cc(-c2nc(-c3ccc(OC(C)C)cn3)n(CC(C)(C)CO)n2)ccc1Br. The molecule has 2 aromatic heterocycles. The summed E-state index contributed by atoms with van der Waals surface area (Å²) in [5, 5.41) is 14.5. The van der Waals surface area contributed by atoms with Crippen molar-refractivity contribution >= 4 is 15.9 Å². The number of ether oxygens (including phenoxy) is 1. The smallest absolute Gasteiger partial charge is 0.181 e. The van der Waals surface area contributed by atoms with Gasteiger partial charge in [0.1, 0.15) is 11.4 Å². The summed E-state index contributed by atoms with van der Waals surface area (Å²) >= 11 is 3.54. The van der Waals surface area contributed by atoms with E-state index in [1.54, 1.807) is 6.20 Å². The standard InChI is InChI=1S/C22H27BrN4O2/c1-14(2)29-17-7-9-19(24-11-17)21-25-20(16-6-8-18(23)15(3)10-16)26-27(21)12-22(4,5)13-28/h6-11,14,28H,12-13H2,1-5H3. The first-order valence-electron chi connectivity index (χ1n) is 9.64. The molecule has 0 saturated carbocycles. The first-order chi connectivity index (χ1) is 13.7. The zero-order chi connectivity index (χ0) is 21.2. The molecule has 0 spiro atoms. The lowest BCUT2D eigenvalue weighted by Gasteiger charge is -2.21. The fraction of sp³-hybridized carbons (Fsp3) is 0.409. The molecule has 0 unspecified atom stereocenters. The minimum atomic E-state index is -0.337. The normalized spacial score (nSPS) is 11.9. The molecule has 0 bridgehead atoms. The highest BCUT2D eigenvalue weighted by Gasteiger charge is 2.23. The number of nitrogens with zero attached hydrogens (tertiary/aromatic N) is 4. The van der Waals surface area contributed by atoms with Crippen molar-refractivity contribution in [2.75, 3.05) is 6.61 Å². The molecule has 3 aromatic rings. The Bertz CT molecular complexity index is 981. The van der Waals surface area contributed by atoms with Crippen LogP contribution >= 0.6 is 15.9 Å². The molecule has 29 heavy (non-hydrogen) atoms. The Kier molecular flexibility index (Phi) is 6.39. The summed E-state index contributed by atoms with van der Waals surface area (Å²) in [6.45, 7) is 10.6. The quantitative estimate of drug-likeness (QED) is 0.545. The predicted molar refractivity (Wildman–Crippen MR) is 118 cm³/mol. The Labute approximate surface area is 180 Å². The lowest BCUT2D eigenvalue weighted by molar-refractivity contribution is 0.137. The van der Waals surface area contributed by atoms with Gasteiger partial charge in [-0.1, -0.05) is 29.8 Å². The molecule has 6 nitrogen and oxygen atoms in total. The summed E-state index contributed by atoms with van der Waals surface area (Å²) in [5.41, 5.74) is 2.43. The number of aryl methyl sites for hydroxylation is 1. The molecular weight excluding hydrogens is 432 g/mol. The van der Waals surface area contributed by atoms with E-state index in [9.17, 15) is 5.11 Å². The highest BCUT2D eigenvalue weighted by molar-refractivity contribution is 9.10. The third-order valence-electron chi connectivity index (χ3n) is 4.43. The van der Waals surface area contributed by atoms with Crippen molar-refractivity contribution in [3.05, 3.63) is 46.6 Å². The maximum Gasteiger partial charge on any atom is 0.181 e. The Morgan fingerprint density at radius 2 is 1.97 bits per heavy atom. The highest BCUT2D eigenvalue weighted by Crippen LogP contribution is 2.28. The van der Waals surface area contributed by atoms with E-state index in [2.05, 4.69) is 27.0 Å².